The molecule has 0 aliphatic carbocycles. The molecule has 0 radical (unpaired) electrons. The minimum absolute atomic E-state index is 0.738. The fourth-order valence-electron chi connectivity index (χ4n) is 6.61. The van der Waals surface area contributed by atoms with Crippen molar-refractivity contribution in [2.45, 2.75) is 18.7 Å². The van der Waals surface area contributed by atoms with Crippen LogP contribution in [0.25, 0.3) is 66.7 Å². The first-order valence-corrected chi connectivity index (χ1v) is 21.1. The van der Waals surface area contributed by atoms with E-state index < -0.39 is 0 Å². The summed E-state index contributed by atoms with van der Waals surface area (Å²) in [6.07, 6.45) is 19.3. The third-order valence-corrected chi connectivity index (χ3v) is 10.2. The highest BCUT2D eigenvalue weighted by Crippen LogP contribution is 2.37. The van der Waals surface area contributed by atoms with Gasteiger partial charge in [-0.15, -0.1) is 24.9 Å². The largest absolute Gasteiger partial charge is 0.398 e. The van der Waals surface area contributed by atoms with Crippen LogP contribution >= 0.6 is 11.8 Å². The van der Waals surface area contributed by atoms with Gasteiger partial charge in [0, 0.05) is 38.8 Å². The molecule has 6 aromatic carbocycles. The molecule has 60 heavy (non-hydrogen) atoms. The second-order valence-corrected chi connectivity index (χ2v) is 14.2. The van der Waals surface area contributed by atoms with E-state index in [4.69, 9.17) is 5.73 Å². The van der Waals surface area contributed by atoms with Crippen LogP contribution in [-0.2, 0) is 0 Å². The minimum Gasteiger partial charge on any atom is -0.398 e. The summed E-state index contributed by atoms with van der Waals surface area (Å²) >= 11 is 1.77. The van der Waals surface area contributed by atoms with E-state index in [2.05, 4.69) is 169 Å². The first-order valence-electron chi connectivity index (χ1n) is 19.9. The Morgan fingerprint density at radius 1 is 0.567 bits per heavy atom. The average Bonchev–Trinajstić information content (AvgIpc) is 3.66. The highest BCUT2D eigenvalue weighted by Gasteiger charge is 2.15. The van der Waals surface area contributed by atoms with Crippen LogP contribution in [0.15, 0.2) is 243 Å². The molecule has 0 aliphatic heterocycles. The molecule has 2 heterocycles. The molecule has 0 bridgehead atoms. The topological polar surface area (TPSA) is 43.8 Å². The highest BCUT2D eigenvalue weighted by atomic mass is 32.2. The number of allylic oxidation sites excluding steroid dienone is 8. The molecule has 0 spiro atoms. The van der Waals surface area contributed by atoms with E-state index in [0.717, 1.165) is 50.0 Å². The Labute approximate surface area is 361 Å². The van der Waals surface area contributed by atoms with Crippen molar-refractivity contribution in [3.05, 3.63) is 244 Å². The number of rotatable bonds is 9. The van der Waals surface area contributed by atoms with Crippen LogP contribution in [0.4, 0.5) is 0 Å². The van der Waals surface area contributed by atoms with Crippen molar-refractivity contribution in [3.8, 4) is 39.2 Å². The summed E-state index contributed by atoms with van der Waals surface area (Å²) in [4.78, 5) is 5.94. The van der Waals surface area contributed by atoms with Crippen LogP contribution < -0.4 is 5.73 Å². The van der Waals surface area contributed by atoms with Gasteiger partial charge in [0.1, 0.15) is 0 Å². The zero-order chi connectivity index (χ0) is 42.5. The van der Waals surface area contributed by atoms with E-state index in [1.54, 1.807) is 17.8 Å². The van der Waals surface area contributed by atoms with Crippen molar-refractivity contribution in [2.75, 3.05) is 6.26 Å². The molecule has 2 N–H and O–H groups in total. The van der Waals surface area contributed by atoms with Gasteiger partial charge in [0.15, 0.2) is 0 Å². The second kappa shape index (κ2) is 23.3. The number of hydrogen-bond donors (Lipinski definition) is 1. The van der Waals surface area contributed by atoms with Crippen LogP contribution in [0.2, 0.25) is 0 Å². The number of aromatic nitrogens is 2. The molecule has 8 rings (SSSR count). The molecule has 0 aliphatic rings. The summed E-state index contributed by atoms with van der Waals surface area (Å²) in [5.41, 5.74) is 18.4. The summed E-state index contributed by atoms with van der Waals surface area (Å²) in [7, 11) is 0. The van der Waals surface area contributed by atoms with Gasteiger partial charge in [0.2, 0.25) is 0 Å². The number of fused-ring (bicyclic) bond motifs is 3. The van der Waals surface area contributed by atoms with E-state index in [1.165, 1.54) is 27.1 Å². The number of thioether (sulfide) groups is 1. The third-order valence-electron chi connectivity index (χ3n) is 9.46. The molecule has 0 saturated heterocycles. The Hall–Kier alpha value is -7.14. The van der Waals surface area contributed by atoms with Crippen LogP contribution in [0, 0.1) is 0 Å². The smallest absolute Gasteiger partial charge is 0.0702 e. The van der Waals surface area contributed by atoms with Gasteiger partial charge in [-0.2, -0.15) is 0 Å². The maximum Gasteiger partial charge on any atom is 0.0702 e. The number of pyridine rings is 1. The Balaban J connectivity index is 0.000000338. The molecular weight excluding hydrogens is 747 g/mol. The number of benzene rings is 6. The number of nitrogens with zero attached hydrogens (tertiary/aromatic N) is 2. The van der Waals surface area contributed by atoms with Gasteiger partial charge in [-0.1, -0.05) is 146 Å². The van der Waals surface area contributed by atoms with Gasteiger partial charge in [0.25, 0.3) is 0 Å². The molecule has 0 saturated carbocycles. The molecule has 3 nitrogen and oxygen atoms in total. The van der Waals surface area contributed by atoms with E-state index in [9.17, 15) is 0 Å². The minimum atomic E-state index is 0.738. The summed E-state index contributed by atoms with van der Waals surface area (Å²) < 4.78 is 2.35. The van der Waals surface area contributed by atoms with Gasteiger partial charge in [-0.05, 0) is 121 Å². The predicted molar refractivity (Wildman–Crippen MR) is 265 cm³/mol. The van der Waals surface area contributed by atoms with Crippen LogP contribution in [-0.4, -0.2) is 15.8 Å². The number of nitrogens with two attached hydrogens (primary N) is 1. The van der Waals surface area contributed by atoms with Crippen LogP contribution in [0.5, 0.6) is 0 Å². The quantitative estimate of drug-likeness (QED) is 0.0898. The lowest BCUT2D eigenvalue weighted by atomic mass is 9.99. The zero-order valence-corrected chi connectivity index (χ0v) is 35.6. The molecule has 0 atom stereocenters. The molecule has 298 valence electrons. The lowest BCUT2D eigenvalue weighted by Gasteiger charge is -2.12. The van der Waals surface area contributed by atoms with Gasteiger partial charge < -0.3 is 10.3 Å². The first-order chi connectivity index (χ1) is 29.5. The van der Waals surface area contributed by atoms with Gasteiger partial charge in [-0.25, -0.2) is 0 Å². The van der Waals surface area contributed by atoms with Gasteiger partial charge in [-0.3, -0.25) is 4.98 Å². The zero-order valence-electron chi connectivity index (χ0n) is 34.8. The van der Waals surface area contributed by atoms with Crippen molar-refractivity contribution in [1.29, 1.82) is 0 Å². The lowest BCUT2D eigenvalue weighted by Crippen LogP contribution is -1.97. The lowest BCUT2D eigenvalue weighted by molar-refractivity contribution is 1.18. The molecular formula is C56H53N3S. The van der Waals surface area contributed by atoms with E-state index in [-0.39, 0.29) is 0 Å². The Kier molecular flexibility index (Phi) is 17.1. The fraction of sp³-hybridized carbons (Fsp3) is 0.0536. The average molecular weight is 800 g/mol. The van der Waals surface area contributed by atoms with Gasteiger partial charge in [0.05, 0.1) is 16.7 Å². The first kappa shape index (κ1) is 44.0. The van der Waals surface area contributed by atoms with Crippen molar-refractivity contribution >= 4 is 39.3 Å². The predicted octanol–water partition coefficient (Wildman–Crippen LogP) is 15.6. The Morgan fingerprint density at radius 2 is 1.17 bits per heavy atom. The summed E-state index contributed by atoms with van der Waals surface area (Å²) in [5.74, 6) is 0. The molecule has 2 aromatic heterocycles. The summed E-state index contributed by atoms with van der Waals surface area (Å²) in [6, 6.07) is 57.6. The molecule has 8 aromatic rings. The maximum absolute atomic E-state index is 6.49. The van der Waals surface area contributed by atoms with E-state index in [0.29, 0.717) is 0 Å². The van der Waals surface area contributed by atoms with Gasteiger partial charge >= 0.3 is 0 Å². The monoisotopic (exact) mass is 799 g/mol. The normalized spacial score (nSPS) is 11.2. The summed E-state index contributed by atoms with van der Waals surface area (Å²) in [6.45, 7) is 13.5. The van der Waals surface area contributed by atoms with E-state index >= 15 is 0 Å². The van der Waals surface area contributed by atoms with Crippen molar-refractivity contribution in [3.63, 3.8) is 0 Å². The fourth-order valence-corrected chi connectivity index (χ4v) is 7.04. The number of hydrogen-bond acceptors (Lipinski definition) is 3. The third kappa shape index (κ3) is 11.5. The van der Waals surface area contributed by atoms with E-state index in [1.807, 2.05) is 92.9 Å². The van der Waals surface area contributed by atoms with Crippen molar-refractivity contribution < 1.29 is 0 Å². The molecule has 4 heteroatoms. The van der Waals surface area contributed by atoms with Crippen molar-refractivity contribution in [1.82, 2.24) is 9.55 Å². The highest BCUT2D eigenvalue weighted by molar-refractivity contribution is 7.98. The second-order valence-electron chi connectivity index (χ2n) is 13.3. The SMILES string of the molecule is C/C=C\C=C(/N)c1ccc2c(c1)c1cc(-c3ccccn3)ccc1n2-c1cccc(-c2cccc(-c3ccccc3)c2)c1.C=C.C=C/C=C\C=C/C.CSc1ccccc1. The Morgan fingerprint density at radius 3 is 1.80 bits per heavy atom. The summed E-state index contributed by atoms with van der Waals surface area (Å²) in [5, 5.41) is 2.31. The molecule has 0 unspecified atom stereocenters. The molecule has 0 fully saturated rings. The Bertz CT molecular complexity index is 2700. The van der Waals surface area contributed by atoms with Crippen LogP contribution in [0.1, 0.15) is 19.4 Å². The molecule has 0 amide bonds. The maximum atomic E-state index is 6.49. The standard InChI is InChI=1S/C40H31N3.C7H8S.C7H10.C2H4/c1-2-3-17-37(41)32-19-21-39-35(26-32)36-27-33(38-18-7-8-23-42-38)20-22-40(36)43(39)34-16-10-15-31(25-34)30-14-9-13-29(24-30)28-11-5-4-6-12-28;1-8-7-5-3-2-4-6-7;1-3-5-7-6-4-2;1-2/h2-27H,41H2,1H3;2-6H,1H3;3-7H,1H2,2H3;1-2H2/b3-2-,37-17-;;6-4-,7-5-;. The van der Waals surface area contributed by atoms with Crippen molar-refractivity contribution in [2.24, 2.45) is 5.73 Å². The van der Waals surface area contributed by atoms with Crippen LogP contribution in [0.3, 0.4) is 0 Å².